The largest absolute Gasteiger partial charge is 0.304 e. The minimum absolute atomic E-state index is 0.883. The third-order valence-corrected chi connectivity index (χ3v) is 2.76. The average Bonchev–Trinajstić information content (AvgIpc) is 2.86. The van der Waals surface area contributed by atoms with E-state index in [4.69, 9.17) is 0 Å². The molecule has 0 bridgehead atoms. The summed E-state index contributed by atoms with van der Waals surface area (Å²) in [4.78, 5) is 8.49. The van der Waals surface area contributed by atoms with Gasteiger partial charge in [0.2, 0.25) is 0 Å². The van der Waals surface area contributed by atoms with Gasteiger partial charge in [-0.1, -0.05) is 0 Å². The van der Waals surface area contributed by atoms with Gasteiger partial charge in [0.25, 0.3) is 0 Å². The lowest BCUT2D eigenvalue weighted by molar-refractivity contribution is 1.13. The summed E-state index contributed by atoms with van der Waals surface area (Å²) in [6.07, 6.45) is 7.43. The maximum absolute atomic E-state index is 4.46. The van der Waals surface area contributed by atoms with Crippen molar-refractivity contribution >= 4 is 17.0 Å². The first-order chi connectivity index (χ1) is 6.93. The van der Waals surface area contributed by atoms with Crippen LogP contribution in [0.25, 0.3) is 16.9 Å². The highest BCUT2D eigenvalue weighted by atomic mass is 32.1. The Hall–Kier alpha value is -1.68. The van der Waals surface area contributed by atoms with E-state index in [0.717, 1.165) is 11.3 Å². The van der Waals surface area contributed by atoms with Crippen LogP contribution in [0.2, 0.25) is 0 Å². The molecule has 0 atom stereocenters. The molecular formula is C10H7N3S. The van der Waals surface area contributed by atoms with Crippen LogP contribution in [0.1, 0.15) is 0 Å². The summed E-state index contributed by atoms with van der Waals surface area (Å²) in [5.41, 5.74) is 3.05. The van der Waals surface area contributed by atoms with E-state index in [1.165, 1.54) is 5.56 Å². The first-order valence-corrected chi connectivity index (χ1v) is 5.19. The van der Waals surface area contributed by atoms with Gasteiger partial charge in [0, 0.05) is 29.5 Å². The first kappa shape index (κ1) is 7.70. The standard InChI is InChI=1S/C10H7N3S/c1-4-14-7-8(1)9-6-13-3-2-11-5-10(13)12-9/h1-7H. The predicted octanol–water partition coefficient (Wildman–Crippen LogP) is 2.46. The molecule has 4 heteroatoms. The lowest BCUT2D eigenvalue weighted by Crippen LogP contribution is -1.81. The van der Waals surface area contributed by atoms with Crippen LogP contribution in [0.5, 0.6) is 0 Å². The number of imidazole rings is 1. The lowest BCUT2D eigenvalue weighted by Gasteiger charge is -1.86. The normalized spacial score (nSPS) is 10.9. The molecule has 0 aliphatic carbocycles. The number of rotatable bonds is 1. The van der Waals surface area contributed by atoms with Crippen molar-refractivity contribution in [2.45, 2.75) is 0 Å². The second kappa shape index (κ2) is 2.92. The fraction of sp³-hybridized carbons (Fsp3) is 0. The van der Waals surface area contributed by atoms with Crippen LogP contribution < -0.4 is 0 Å². The Morgan fingerprint density at radius 1 is 1.36 bits per heavy atom. The van der Waals surface area contributed by atoms with E-state index in [2.05, 4.69) is 26.8 Å². The van der Waals surface area contributed by atoms with Gasteiger partial charge in [-0.05, 0) is 11.4 Å². The Balaban J connectivity index is 2.24. The van der Waals surface area contributed by atoms with Gasteiger partial charge >= 0.3 is 0 Å². The summed E-state index contributed by atoms with van der Waals surface area (Å²) in [6.45, 7) is 0. The number of nitrogens with zero attached hydrogens (tertiary/aromatic N) is 3. The lowest BCUT2D eigenvalue weighted by atomic mass is 10.3. The van der Waals surface area contributed by atoms with E-state index in [0.29, 0.717) is 0 Å². The highest BCUT2D eigenvalue weighted by Gasteiger charge is 2.03. The number of aromatic nitrogens is 3. The molecule has 0 spiro atoms. The highest BCUT2D eigenvalue weighted by Crippen LogP contribution is 2.20. The van der Waals surface area contributed by atoms with Gasteiger partial charge in [-0.15, -0.1) is 0 Å². The molecule has 14 heavy (non-hydrogen) atoms. The molecule has 0 amide bonds. The minimum atomic E-state index is 0.883. The third-order valence-electron chi connectivity index (χ3n) is 2.08. The van der Waals surface area contributed by atoms with Crippen LogP contribution in [0.3, 0.4) is 0 Å². The van der Waals surface area contributed by atoms with E-state index in [1.807, 2.05) is 16.8 Å². The highest BCUT2D eigenvalue weighted by molar-refractivity contribution is 7.08. The quantitative estimate of drug-likeness (QED) is 0.605. The Morgan fingerprint density at radius 2 is 2.36 bits per heavy atom. The number of fused-ring (bicyclic) bond motifs is 1. The maximum Gasteiger partial charge on any atom is 0.155 e. The van der Waals surface area contributed by atoms with Crippen molar-refractivity contribution in [2.75, 3.05) is 0 Å². The summed E-state index contributed by atoms with van der Waals surface area (Å²) in [6, 6.07) is 2.07. The van der Waals surface area contributed by atoms with Gasteiger partial charge in [0.1, 0.15) is 0 Å². The topological polar surface area (TPSA) is 30.2 Å². The monoisotopic (exact) mass is 201 g/mol. The zero-order chi connectivity index (χ0) is 9.38. The maximum atomic E-state index is 4.46. The Kier molecular flexibility index (Phi) is 1.61. The molecule has 68 valence electrons. The molecule has 0 saturated carbocycles. The van der Waals surface area contributed by atoms with Crippen LogP contribution in [0, 0.1) is 0 Å². The second-order valence-corrected chi connectivity index (χ2v) is 3.76. The Bertz CT molecular complexity index is 521. The van der Waals surface area contributed by atoms with Gasteiger partial charge in [0.15, 0.2) is 5.65 Å². The van der Waals surface area contributed by atoms with Gasteiger partial charge in [-0.2, -0.15) is 11.3 Å². The van der Waals surface area contributed by atoms with E-state index < -0.39 is 0 Å². The van der Waals surface area contributed by atoms with Gasteiger partial charge in [-0.3, -0.25) is 4.98 Å². The van der Waals surface area contributed by atoms with E-state index in [1.54, 1.807) is 23.7 Å². The van der Waals surface area contributed by atoms with Crippen molar-refractivity contribution in [1.82, 2.24) is 14.4 Å². The molecule has 3 nitrogen and oxygen atoms in total. The summed E-state index contributed by atoms with van der Waals surface area (Å²) in [7, 11) is 0. The van der Waals surface area contributed by atoms with E-state index in [-0.39, 0.29) is 0 Å². The molecule has 0 aliphatic rings. The molecule has 0 N–H and O–H groups in total. The van der Waals surface area contributed by atoms with Crippen LogP contribution in [-0.4, -0.2) is 14.4 Å². The fourth-order valence-corrected chi connectivity index (χ4v) is 2.04. The van der Waals surface area contributed by atoms with Crippen LogP contribution in [-0.2, 0) is 0 Å². The van der Waals surface area contributed by atoms with Crippen molar-refractivity contribution in [1.29, 1.82) is 0 Å². The van der Waals surface area contributed by atoms with Crippen molar-refractivity contribution in [2.24, 2.45) is 0 Å². The smallest absolute Gasteiger partial charge is 0.155 e. The molecule has 0 saturated heterocycles. The molecule has 0 radical (unpaired) electrons. The van der Waals surface area contributed by atoms with E-state index >= 15 is 0 Å². The third kappa shape index (κ3) is 1.12. The zero-order valence-corrected chi connectivity index (χ0v) is 8.11. The summed E-state index contributed by atoms with van der Waals surface area (Å²) >= 11 is 1.68. The van der Waals surface area contributed by atoms with Crippen LogP contribution in [0.4, 0.5) is 0 Å². The molecular weight excluding hydrogens is 194 g/mol. The van der Waals surface area contributed by atoms with Crippen LogP contribution in [0.15, 0.2) is 41.6 Å². The summed E-state index contributed by atoms with van der Waals surface area (Å²) in [5.74, 6) is 0. The van der Waals surface area contributed by atoms with Gasteiger partial charge in [0.05, 0.1) is 11.9 Å². The molecule has 0 fully saturated rings. The second-order valence-electron chi connectivity index (χ2n) is 2.98. The van der Waals surface area contributed by atoms with Crippen molar-refractivity contribution in [3.63, 3.8) is 0 Å². The molecule has 3 heterocycles. The summed E-state index contributed by atoms with van der Waals surface area (Å²) < 4.78 is 1.97. The molecule has 0 aromatic carbocycles. The molecule has 3 rings (SSSR count). The number of hydrogen-bond acceptors (Lipinski definition) is 3. The van der Waals surface area contributed by atoms with Crippen LogP contribution >= 0.6 is 11.3 Å². The average molecular weight is 201 g/mol. The SMILES string of the molecule is c1cn2cc(-c3ccsc3)nc2cn1. The fourth-order valence-electron chi connectivity index (χ4n) is 1.39. The Morgan fingerprint density at radius 3 is 3.14 bits per heavy atom. The predicted molar refractivity (Wildman–Crippen MR) is 56.3 cm³/mol. The van der Waals surface area contributed by atoms with Crippen molar-refractivity contribution < 1.29 is 0 Å². The van der Waals surface area contributed by atoms with Crippen molar-refractivity contribution in [3.05, 3.63) is 41.6 Å². The minimum Gasteiger partial charge on any atom is -0.304 e. The van der Waals surface area contributed by atoms with E-state index in [9.17, 15) is 0 Å². The number of thiophene rings is 1. The Labute approximate surface area is 84.7 Å². The zero-order valence-electron chi connectivity index (χ0n) is 7.29. The van der Waals surface area contributed by atoms with Gasteiger partial charge < -0.3 is 4.40 Å². The van der Waals surface area contributed by atoms with Gasteiger partial charge in [-0.25, -0.2) is 4.98 Å². The van der Waals surface area contributed by atoms with Crippen molar-refractivity contribution in [3.8, 4) is 11.3 Å². The summed E-state index contributed by atoms with van der Waals surface area (Å²) in [5, 5.41) is 4.15. The first-order valence-electron chi connectivity index (χ1n) is 4.25. The molecule has 0 unspecified atom stereocenters. The number of hydrogen-bond donors (Lipinski definition) is 0. The molecule has 0 aliphatic heterocycles. The molecule has 3 aromatic rings. The molecule has 3 aromatic heterocycles.